The molecule has 0 spiro atoms. The Kier molecular flexibility index (Phi) is 4.57. The molecule has 1 heterocycles. The van der Waals surface area contributed by atoms with Gasteiger partial charge in [0.1, 0.15) is 12.4 Å². The van der Waals surface area contributed by atoms with Gasteiger partial charge in [-0.1, -0.05) is 17.7 Å². The Morgan fingerprint density at radius 1 is 1.55 bits per heavy atom. The number of nitrogens with zero attached hydrogens (tertiary/aromatic N) is 1. The fraction of sp³-hybridized carbons (Fsp3) is 0.385. The standard InChI is InChI=1S/C13H15ClFN3O2/c1-17(7-9-10(14)3-2-4-11(9)15)8-12(19)18-6-5-16-13(18)20/h2-4H,5-8H2,1H3,(H,16,20)/p+1. The van der Waals surface area contributed by atoms with Crippen molar-refractivity contribution in [2.45, 2.75) is 6.54 Å². The molecule has 2 rings (SSSR count). The summed E-state index contributed by atoms with van der Waals surface area (Å²) in [5, 5.41) is 2.91. The number of imide groups is 1. The number of carbonyl (C=O) groups excluding carboxylic acids is 2. The van der Waals surface area contributed by atoms with Crippen LogP contribution in [0.4, 0.5) is 9.18 Å². The fourth-order valence-corrected chi connectivity index (χ4v) is 2.36. The lowest BCUT2D eigenvalue weighted by Crippen LogP contribution is -3.09. The van der Waals surface area contributed by atoms with Crippen LogP contribution >= 0.6 is 11.6 Å². The molecule has 1 aromatic carbocycles. The number of quaternary nitrogens is 1. The highest BCUT2D eigenvalue weighted by atomic mass is 35.5. The van der Waals surface area contributed by atoms with Crippen LogP contribution in [0.2, 0.25) is 5.02 Å². The third-order valence-electron chi connectivity index (χ3n) is 3.15. The van der Waals surface area contributed by atoms with Crippen LogP contribution in [0.3, 0.4) is 0 Å². The zero-order valence-electron chi connectivity index (χ0n) is 11.1. The Morgan fingerprint density at radius 3 is 2.90 bits per heavy atom. The lowest BCUT2D eigenvalue weighted by Gasteiger charge is -2.18. The van der Waals surface area contributed by atoms with Gasteiger partial charge in [-0.3, -0.25) is 9.69 Å². The number of hydrogen-bond acceptors (Lipinski definition) is 2. The number of urea groups is 1. The molecule has 1 fully saturated rings. The second-order valence-electron chi connectivity index (χ2n) is 4.79. The second-order valence-corrected chi connectivity index (χ2v) is 5.20. The van der Waals surface area contributed by atoms with E-state index in [9.17, 15) is 14.0 Å². The molecule has 0 saturated carbocycles. The Labute approximate surface area is 121 Å². The molecule has 3 amide bonds. The summed E-state index contributed by atoms with van der Waals surface area (Å²) in [6.45, 7) is 1.25. The van der Waals surface area contributed by atoms with E-state index in [2.05, 4.69) is 5.32 Å². The van der Waals surface area contributed by atoms with Gasteiger partial charge < -0.3 is 10.2 Å². The van der Waals surface area contributed by atoms with Crippen molar-refractivity contribution >= 4 is 23.5 Å². The van der Waals surface area contributed by atoms with E-state index in [1.807, 2.05) is 0 Å². The summed E-state index contributed by atoms with van der Waals surface area (Å²) in [7, 11) is 1.76. The SMILES string of the molecule is C[NH+](CC(=O)N1CCNC1=O)Cc1c(F)cccc1Cl. The first-order valence-corrected chi connectivity index (χ1v) is 6.69. The molecule has 108 valence electrons. The summed E-state index contributed by atoms with van der Waals surface area (Å²) in [5.74, 6) is -0.659. The minimum Gasteiger partial charge on any atom is -0.336 e. The molecule has 0 aliphatic carbocycles. The maximum Gasteiger partial charge on any atom is 0.324 e. The largest absolute Gasteiger partial charge is 0.336 e. The summed E-state index contributed by atoms with van der Waals surface area (Å²) in [6, 6.07) is 4.12. The van der Waals surface area contributed by atoms with Gasteiger partial charge in [0.05, 0.1) is 17.6 Å². The zero-order valence-corrected chi connectivity index (χ0v) is 11.8. The van der Waals surface area contributed by atoms with Gasteiger partial charge in [0, 0.05) is 13.1 Å². The number of likely N-dealkylation sites (N-methyl/N-ethyl adjacent to an activating group) is 1. The van der Waals surface area contributed by atoms with Crippen LogP contribution in [0.1, 0.15) is 5.56 Å². The van der Waals surface area contributed by atoms with Crippen LogP contribution in [0.15, 0.2) is 18.2 Å². The van der Waals surface area contributed by atoms with E-state index in [0.29, 0.717) is 23.7 Å². The normalized spacial score (nSPS) is 16.1. The molecule has 7 heteroatoms. The van der Waals surface area contributed by atoms with Crippen LogP contribution in [-0.4, -0.2) is 43.5 Å². The molecule has 1 saturated heterocycles. The summed E-state index contributed by atoms with van der Waals surface area (Å²) in [4.78, 5) is 25.2. The molecule has 2 N–H and O–H groups in total. The van der Waals surface area contributed by atoms with Crippen LogP contribution in [-0.2, 0) is 11.3 Å². The molecule has 20 heavy (non-hydrogen) atoms. The number of rotatable bonds is 4. The van der Waals surface area contributed by atoms with E-state index < -0.39 is 0 Å². The van der Waals surface area contributed by atoms with Crippen molar-refractivity contribution in [3.05, 3.63) is 34.6 Å². The third kappa shape index (κ3) is 3.26. The lowest BCUT2D eigenvalue weighted by molar-refractivity contribution is -0.885. The van der Waals surface area contributed by atoms with Gasteiger partial charge in [-0.2, -0.15) is 0 Å². The Bertz CT molecular complexity index is 518. The molecule has 5 nitrogen and oxygen atoms in total. The van der Waals surface area contributed by atoms with E-state index >= 15 is 0 Å². The molecule has 1 aromatic rings. The minimum absolute atomic E-state index is 0.109. The maximum absolute atomic E-state index is 13.7. The smallest absolute Gasteiger partial charge is 0.324 e. The topological polar surface area (TPSA) is 53.9 Å². The van der Waals surface area contributed by atoms with Gasteiger partial charge in [-0.15, -0.1) is 0 Å². The predicted molar refractivity (Wildman–Crippen MR) is 72.0 cm³/mol. The number of halogens is 2. The van der Waals surface area contributed by atoms with E-state index in [0.717, 1.165) is 4.90 Å². The van der Waals surface area contributed by atoms with Crippen molar-refractivity contribution in [2.24, 2.45) is 0 Å². The summed E-state index contributed by atoms with van der Waals surface area (Å²) in [5.41, 5.74) is 0.380. The average Bonchev–Trinajstić information content (AvgIpc) is 2.80. The van der Waals surface area contributed by atoms with Crippen molar-refractivity contribution in [3.8, 4) is 0 Å². The quantitative estimate of drug-likeness (QED) is 0.825. The first kappa shape index (κ1) is 14.7. The van der Waals surface area contributed by atoms with E-state index in [-0.39, 0.29) is 30.8 Å². The molecule has 0 radical (unpaired) electrons. The second kappa shape index (κ2) is 6.19. The third-order valence-corrected chi connectivity index (χ3v) is 3.51. The van der Waals surface area contributed by atoms with Crippen molar-refractivity contribution in [1.29, 1.82) is 0 Å². The van der Waals surface area contributed by atoms with Gasteiger partial charge in [0.2, 0.25) is 0 Å². The summed E-state index contributed by atoms with van der Waals surface area (Å²) >= 11 is 5.95. The molecule has 1 aliphatic heterocycles. The lowest BCUT2D eigenvalue weighted by atomic mass is 10.2. The van der Waals surface area contributed by atoms with E-state index in [4.69, 9.17) is 11.6 Å². The minimum atomic E-state index is -0.386. The predicted octanol–water partition coefficient (Wildman–Crippen LogP) is 0.0456. The van der Waals surface area contributed by atoms with Gasteiger partial charge in [0.25, 0.3) is 5.91 Å². The number of amides is 3. The number of benzene rings is 1. The Balaban J connectivity index is 1.97. The van der Waals surface area contributed by atoms with Crippen LogP contribution < -0.4 is 10.2 Å². The van der Waals surface area contributed by atoms with E-state index in [1.54, 1.807) is 13.1 Å². The molecule has 0 bridgehead atoms. The van der Waals surface area contributed by atoms with Gasteiger partial charge >= 0.3 is 6.03 Å². The summed E-state index contributed by atoms with van der Waals surface area (Å²) < 4.78 is 13.7. The molecular formula is C13H16ClFN3O2+. The highest BCUT2D eigenvalue weighted by Crippen LogP contribution is 2.17. The van der Waals surface area contributed by atoms with Crippen LogP contribution in [0, 0.1) is 5.82 Å². The maximum atomic E-state index is 13.7. The first-order valence-electron chi connectivity index (χ1n) is 6.31. The van der Waals surface area contributed by atoms with Crippen molar-refractivity contribution in [2.75, 3.05) is 26.7 Å². The molecule has 1 atom stereocenters. The number of nitrogens with one attached hydrogen (secondary N) is 2. The van der Waals surface area contributed by atoms with Crippen molar-refractivity contribution < 1.29 is 18.9 Å². The molecular weight excluding hydrogens is 285 g/mol. The van der Waals surface area contributed by atoms with Crippen LogP contribution in [0.25, 0.3) is 0 Å². The molecule has 0 aromatic heterocycles. The first-order chi connectivity index (χ1) is 9.49. The van der Waals surface area contributed by atoms with Crippen molar-refractivity contribution in [1.82, 2.24) is 10.2 Å². The monoisotopic (exact) mass is 300 g/mol. The number of hydrogen-bond donors (Lipinski definition) is 2. The Morgan fingerprint density at radius 2 is 2.30 bits per heavy atom. The highest BCUT2D eigenvalue weighted by molar-refractivity contribution is 6.31. The van der Waals surface area contributed by atoms with Crippen LogP contribution in [0.5, 0.6) is 0 Å². The molecule has 1 unspecified atom stereocenters. The van der Waals surface area contributed by atoms with Gasteiger partial charge in [0.15, 0.2) is 6.54 Å². The zero-order chi connectivity index (χ0) is 14.7. The average molecular weight is 301 g/mol. The highest BCUT2D eigenvalue weighted by Gasteiger charge is 2.28. The van der Waals surface area contributed by atoms with Gasteiger partial charge in [-0.25, -0.2) is 9.18 Å². The Hall–Kier alpha value is -1.66. The number of carbonyl (C=O) groups is 2. The van der Waals surface area contributed by atoms with E-state index in [1.165, 1.54) is 17.0 Å². The van der Waals surface area contributed by atoms with Crippen molar-refractivity contribution in [3.63, 3.8) is 0 Å². The fourth-order valence-electron chi connectivity index (χ4n) is 2.13. The van der Waals surface area contributed by atoms with Gasteiger partial charge in [-0.05, 0) is 12.1 Å². The summed E-state index contributed by atoms with van der Waals surface area (Å²) in [6.07, 6.45) is 0. The molecule has 1 aliphatic rings.